The molecule has 13 heavy (non-hydrogen) atoms. The Morgan fingerprint density at radius 1 is 1.69 bits per heavy atom. The van der Waals surface area contributed by atoms with Crippen LogP contribution >= 0.6 is 0 Å². The highest BCUT2D eigenvalue weighted by molar-refractivity contribution is 5.77. The van der Waals surface area contributed by atoms with Crippen LogP contribution in [0, 0.1) is 6.92 Å². The number of hydrogen-bond donors (Lipinski definition) is 2. The van der Waals surface area contributed by atoms with Crippen LogP contribution < -0.4 is 10.6 Å². The Kier molecular flexibility index (Phi) is 3.45. The minimum atomic E-state index is -0.0525. The zero-order valence-corrected chi connectivity index (χ0v) is 7.76. The number of carbonyl (C=O) groups excluding carboxylic acids is 1. The molecule has 0 fully saturated rings. The first kappa shape index (κ1) is 9.73. The third kappa shape index (κ3) is 3.25. The Hall–Kier alpha value is -1.36. The van der Waals surface area contributed by atoms with E-state index in [4.69, 9.17) is 4.42 Å². The van der Waals surface area contributed by atoms with Gasteiger partial charge in [0.05, 0.1) is 19.3 Å². The van der Waals surface area contributed by atoms with Crippen molar-refractivity contribution in [1.29, 1.82) is 0 Å². The molecule has 0 saturated carbocycles. The summed E-state index contributed by atoms with van der Waals surface area (Å²) in [5.74, 6) is 1.32. The minimum absolute atomic E-state index is 0.0525. The fourth-order valence-electron chi connectivity index (χ4n) is 0.855. The van der Waals surface area contributed by atoms with Gasteiger partial charge < -0.3 is 9.73 Å². The number of rotatable bonds is 4. The van der Waals surface area contributed by atoms with E-state index in [0.717, 1.165) is 5.76 Å². The number of likely N-dealkylation sites (N-methyl/N-ethyl adjacent to an activating group) is 1. The number of aryl methyl sites for hydroxylation is 1. The number of nitrogens with one attached hydrogen (secondary N) is 2. The molecule has 72 valence electrons. The predicted molar refractivity (Wildman–Crippen MR) is 47.0 cm³/mol. The van der Waals surface area contributed by atoms with Gasteiger partial charge in [-0.1, -0.05) is 0 Å². The summed E-state index contributed by atoms with van der Waals surface area (Å²) in [4.78, 5) is 14.8. The van der Waals surface area contributed by atoms with Gasteiger partial charge in [-0.05, 0) is 6.92 Å². The van der Waals surface area contributed by atoms with Gasteiger partial charge in [-0.2, -0.15) is 0 Å². The molecule has 1 amide bonds. The van der Waals surface area contributed by atoms with E-state index in [-0.39, 0.29) is 12.5 Å². The Bertz CT molecular complexity index is 283. The summed E-state index contributed by atoms with van der Waals surface area (Å²) < 4.78 is 5.19. The van der Waals surface area contributed by atoms with Crippen LogP contribution in [0.25, 0.3) is 0 Å². The maximum absolute atomic E-state index is 10.8. The molecule has 0 atom stereocenters. The monoisotopic (exact) mass is 183 g/mol. The third-order valence-corrected chi connectivity index (χ3v) is 1.51. The third-order valence-electron chi connectivity index (χ3n) is 1.51. The summed E-state index contributed by atoms with van der Waals surface area (Å²) in [5, 5.41) is 5.40. The topological polar surface area (TPSA) is 67.2 Å². The van der Waals surface area contributed by atoms with Crippen molar-refractivity contribution in [2.45, 2.75) is 13.5 Å². The SMILES string of the molecule is CNC(=O)CNCc1ncc(C)o1. The lowest BCUT2D eigenvalue weighted by atomic mass is 10.5. The first-order valence-corrected chi connectivity index (χ1v) is 4.05. The van der Waals surface area contributed by atoms with Gasteiger partial charge in [0.25, 0.3) is 0 Å². The maximum atomic E-state index is 10.8. The van der Waals surface area contributed by atoms with Crippen LogP contribution in [0.5, 0.6) is 0 Å². The number of hydrogen-bond acceptors (Lipinski definition) is 4. The number of aromatic nitrogens is 1. The summed E-state index contributed by atoms with van der Waals surface area (Å²) in [5.41, 5.74) is 0. The molecular weight excluding hydrogens is 170 g/mol. The minimum Gasteiger partial charge on any atom is -0.445 e. The molecule has 5 nitrogen and oxygen atoms in total. The Morgan fingerprint density at radius 3 is 3.00 bits per heavy atom. The standard InChI is InChI=1S/C8H13N3O2/c1-6-3-11-8(13-6)5-10-4-7(12)9-2/h3,10H,4-5H2,1-2H3,(H,9,12). The van der Waals surface area contributed by atoms with Crippen molar-refractivity contribution in [3.63, 3.8) is 0 Å². The molecule has 0 saturated heterocycles. The van der Waals surface area contributed by atoms with E-state index in [1.165, 1.54) is 0 Å². The lowest BCUT2D eigenvalue weighted by molar-refractivity contribution is -0.119. The van der Waals surface area contributed by atoms with Gasteiger partial charge in [0.1, 0.15) is 5.76 Å². The summed E-state index contributed by atoms with van der Waals surface area (Å²) >= 11 is 0. The van der Waals surface area contributed by atoms with Crippen molar-refractivity contribution in [3.8, 4) is 0 Å². The lowest BCUT2D eigenvalue weighted by Gasteiger charge is -1.99. The molecule has 0 unspecified atom stereocenters. The van der Waals surface area contributed by atoms with Crippen molar-refractivity contribution < 1.29 is 9.21 Å². The molecule has 1 aromatic heterocycles. The molecule has 0 aliphatic heterocycles. The van der Waals surface area contributed by atoms with E-state index in [2.05, 4.69) is 15.6 Å². The van der Waals surface area contributed by atoms with Crippen molar-refractivity contribution in [3.05, 3.63) is 17.8 Å². The highest BCUT2D eigenvalue weighted by Crippen LogP contribution is 1.99. The van der Waals surface area contributed by atoms with Gasteiger partial charge in [0, 0.05) is 7.05 Å². The van der Waals surface area contributed by atoms with E-state index in [9.17, 15) is 4.79 Å². The molecule has 1 rings (SSSR count). The van der Waals surface area contributed by atoms with Crippen molar-refractivity contribution in [2.24, 2.45) is 0 Å². The molecule has 1 aromatic rings. The fourth-order valence-corrected chi connectivity index (χ4v) is 0.855. The molecule has 0 spiro atoms. The summed E-state index contributed by atoms with van der Waals surface area (Å²) in [6.07, 6.45) is 1.65. The molecule has 0 bridgehead atoms. The smallest absolute Gasteiger partial charge is 0.233 e. The van der Waals surface area contributed by atoms with Crippen LogP contribution in [-0.4, -0.2) is 24.5 Å². The van der Waals surface area contributed by atoms with Crippen LogP contribution in [0.2, 0.25) is 0 Å². The molecule has 0 radical (unpaired) electrons. The van der Waals surface area contributed by atoms with E-state index >= 15 is 0 Å². The van der Waals surface area contributed by atoms with Crippen molar-refractivity contribution in [2.75, 3.05) is 13.6 Å². The Morgan fingerprint density at radius 2 is 2.46 bits per heavy atom. The quantitative estimate of drug-likeness (QED) is 0.679. The van der Waals surface area contributed by atoms with E-state index in [0.29, 0.717) is 12.4 Å². The first-order chi connectivity index (χ1) is 6.22. The second-order valence-corrected chi connectivity index (χ2v) is 2.64. The number of carbonyl (C=O) groups is 1. The highest BCUT2D eigenvalue weighted by Gasteiger charge is 2.01. The zero-order valence-electron chi connectivity index (χ0n) is 7.76. The molecule has 0 aromatic carbocycles. The maximum Gasteiger partial charge on any atom is 0.233 e. The van der Waals surface area contributed by atoms with Gasteiger partial charge >= 0.3 is 0 Å². The molecule has 2 N–H and O–H groups in total. The predicted octanol–water partition coefficient (Wildman–Crippen LogP) is -0.181. The van der Waals surface area contributed by atoms with Crippen LogP contribution in [0.4, 0.5) is 0 Å². The molecule has 5 heteroatoms. The van der Waals surface area contributed by atoms with Gasteiger partial charge in [-0.25, -0.2) is 4.98 Å². The van der Waals surface area contributed by atoms with Gasteiger partial charge in [-0.3, -0.25) is 10.1 Å². The van der Waals surface area contributed by atoms with Gasteiger partial charge in [0.2, 0.25) is 11.8 Å². The lowest BCUT2D eigenvalue weighted by Crippen LogP contribution is -2.31. The number of amides is 1. The second-order valence-electron chi connectivity index (χ2n) is 2.64. The Labute approximate surface area is 76.5 Å². The molecule has 0 aliphatic carbocycles. The normalized spacial score (nSPS) is 10.0. The fraction of sp³-hybridized carbons (Fsp3) is 0.500. The average molecular weight is 183 g/mol. The van der Waals surface area contributed by atoms with E-state index < -0.39 is 0 Å². The second kappa shape index (κ2) is 4.61. The molecule has 1 heterocycles. The number of nitrogens with zero attached hydrogens (tertiary/aromatic N) is 1. The zero-order chi connectivity index (χ0) is 9.68. The highest BCUT2D eigenvalue weighted by atomic mass is 16.4. The first-order valence-electron chi connectivity index (χ1n) is 4.05. The summed E-state index contributed by atoms with van der Waals surface area (Å²) in [6.45, 7) is 2.58. The van der Waals surface area contributed by atoms with Crippen molar-refractivity contribution in [1.82, 2.24) is 15.6 Å². The van der Waals surface area contributed by atoms with E-state index in [1.54, 1.807) is 13.2 Å². The van der Waals surface area contributed by atoms with Crippen LogP contribution in [0.3, 0.4) is 0 Å². The summed E-state index contributed by atoms with van der Waals surface area (Å²) in [6, 6.07) is 0. The molecular formula is C8H13N3O2. The largest absolute Gasteiger partial charge is 0.445 e. The van der Waals surface area contributed by atoms with Crippen LogP contribution in [0.1, 0.15) is 11.7 Å². The van der Waals surface area contributed by atoms with Crippen LogP contribution in [-0.2, 0) is 11.3 Å². The summed E-state index contributed by atoms with van der Waals surface area (Å²) in [7, 11) is 1.60. The van der Waals surface area contributed by atoms with Gasteiger partial charge in [0.15, 0.2) is 0 Å². The molecule has 0 aliphatic rings. The Balaban J connectivity index is 2.24. The van der Waals surface area contributed by atoms with Gasteiger partial charge in [-0.15, -0.1) is 0 Å². The number of oxazole rings is 1. The van der Waals surface area contributed by atoms with E-state index in [1.807, 2.05) is 6.92 Å². The van der Waals surface area contributed by atoms with Crippen LogP contribution in [0.15, 0.2) is 10.6 Å². The van der Waals surface area contributed by atoms with Crippen molar-refractivity contribution >= 4 is 5.91 Å². The average Bonchev–Trinajstić information content (AvgIpc) is 2.51.